The summed E-state index contributed by atoms with van der Waals surface area (Å²) in [6.07, 6.45) is 1.12. The van der Waals surface area contributed by atoms with Crippen LogP contribution in [0.1, 0.15) is 18.9 Å². The molecule has 3 heteroatoms. The summed E-state index contributed by atoms with van der Waals surface area (Å²) < 4.78 is 5.22. The summed E-state index contributed by atoms with van der Waals surface area (Å²) in [4.78, 5) is 0. The van der Waals surface area contributed by atoms with Gasteiger partial charge < -0.3 is 4.74 Å². The zero-order valence-corrected chi connectivity index (χ0v) is 11.4. The topological polar surface area (TPSA) is 9.23 Å². The molecule has 1 aromatic rings. The van der Waals surface area contributed by atoms with Gasteiger partial charge >= 0.3 is 0 Å². The van der Waals surface area contributed by atoms with Crippen LogP contribution < -0.4 is 4.74 Å². The molecule has 76 valence electrons. The van der Waals surface area contributed by atoms with E-state index in [2.05, 4.69) is 50.9 Å². The molecule has 0 aromatic heterocycles. The van der Waals surface area contributed by atoms with Crippen molar-refractivity contribution < 1.29 is 4.74 Å². The molecule has 1 fully saturated rings. The number of benzene rings is 1. The minimum absolute atomic E-state index is 0.0849. The number of alkyl halides is 2. The molecular weight excluding hydrogens is 308 g/mol. The van der Waals surface area contributed by atoms with Crippen LogP contribution >= 0.6 is 31.9 Å². The lowest BCUT2D eigenvalue weighted by Gasteiger charge is -2.13. The quantitative estimate of drug-likeness (QED) is 0.752. The van der Waals surface area contributed by atoms with Gasteiger partial charge in [-0.2, -0.15) is 0 Å². The molecule has 1 nitrogen and oxygen atoms in total. The van der Waals surface area contributed by atoms with Crippen LogP contribution in [0.4, 0.5) is 0 Å². The van der Waals surface area contributed by atoms with Gasteiger partial charge in [0.05, 0.1) is 10.3 Å². The van der Waals surface area contributed by atoms with Crippen molar-refractivity contribution in [1.82, 2.24) is 0 Å². The molecule has 0 aliphatic heterocycles. The van der Waals surface area contributed by atoms with E-state index in [0.717, 1.165) is 12.2 Å². The van der Waals surface area contributed by atoms with Crippen molar-refractivity contribution in [2.24, 2.45) is 0 Å². The second-order valence-electron chi connectivity index (χ2n) is 3.94. The number of halogens is 2. The van der Waals surface area contributed by atoms with E-state index in [9.17, 15) is 0 Å². The average molecular weight is 320 g/mol. The van der Waals surface area contributed by atoms with E-state index < -0.39 is 0 Å². The predicted molar refractivity (Wildman–Crippen MR) is 65.5 cm³/mol. The van der Waals surface area contributed by atoms with E-state index in [4.69, 9.17) is 4.74 Å². The fourth-order valence-corrected chi connectivity index (χ4v) is 3.25. The maximum Gasteiger partial charge on any atom is 0.118 e. The lowest BCUT2D eigenvalue weighted by atomic mass is 9.98. The van der Waals surface area contributed by atoms with Crippen molar-refractivity contribution in [3.63, 3.8) is 0 Å². The zero-order chi connectivity index (χ0) is 10.4. The molecule has 0 spiro atoms. The maximum atomic E-state index is 5.13. The summed E-state index contributed by atoms with van der Waals surface area (Å²) in [6, 6.07) is 8.27. The van der Waals surface area contributed by atoms with E-state index in [1.54, 1.807) is 7.11 Å². The number of hydrogen-bond acceptors (Lipinski definition) is 1. The monoisotopic (exact) mass is 318 g/mol. The maximum absolute atomic E-state index is 5.13. The van der Waals surface area contributed by atoms with Gasteiger partial charge in [0.25, 0.3) is 0 Å². The molecular formula is C11H12Br2O. The van der Waals surface area contributed by atoms with Gasteiger partial charge in [-0.15, -0.1) is 0 Å². The SMILES string of the molecule is COc1ccc([C@]2(C)CC2(Br)Br)cc1. The van der Waals surface area contributed by atoms with Gasteiger partial charge in [0.15, 0.2) is 0 Å². The van der Waals surface area contributed by atoms with Gasteiger partial charge in [-0.25, -0.2) is 0 Å². The predicted octanol–water partition coefficient (Wildman–Crippen LogP) is 3.84. The largest absolute Gasteiger partial charge is 0.497 e. The second kappa shape index (κ2) is 3.24. The summed E-state index contributed by atoms with van der Waals surface area (Å²) in [6.45, 7) is 2.25. The van der Waals surface area contributed by atoms with Crippen molar-refractivity contribution in [3.8, 4) is 5.75 Å². The Morgan fingerprint density at radius 1 is 1.21 bits per heavy atom. The van der Waals surface area contributed by atoms with Gasteiger partial charge in [0.1, 0.15) is 5.75 Å². The Kier molecular flexibility index (Phi) is 2.43. The Morgan fingerprint density at radius 3 is 2.07 bits per heavy atom. The Hall–Kier alpha value is -0.0200. The van der Waals surface area contributed by atoms with Crippen molar-refractivity contribution in [3.05, 3.63) is 29.8 Å². The fraction of sp³-hybridized carbons (Fsp3) is 0.455. The highest BCUT2D eigenvalue weighted by molar-refractivity contribution is 9.25. The number of hydrogen-bond donors (Lipinski definition) is 0. The highest BCUT2D eigenvalue weighted by Gasteiger charge is 2.62. The molecule has 1 aromatic carbocycles. The van der Waals surface area contributed by atoms with Crippen molar-refractivity contribution in [1.29, 1.82) is 0 Å². The third kappa shape index (κ3) is 1.50. The molecule has 0 unspecified atom stereocenters. The molecule has 0 radical (unpaired) electrons. The molecule has 0 amide bonds. The minimum atomic E-state index is 0.0849. The van der Waals surface area contributed by atoms with E-state index in [1.165, 1.54) is 5.56 Å². The number of methoxy groups -OCH3 is 1. The Morgan fingerprint density at radius 2 is 1.71 bits per heavy atom. The van der Waals surface area contributed by atoms with E-state index in [-0.39, 0.29) is 8.65 Å². The highest BCUT2D eigenvalue weighted by atomic mass is 79.9. The van der Waals surface area contributed by atoms with Crippen molar-refractivity contribution in [2.75, 3.05) is 7.11 Å². The number of ether oxygens (including phenoxy) is 1. The molecule has 0 heterocycles. The van der Waals surface area contributed by atoms with Gasteiger partial charge in [0, 0.05) is 5.41 Å². The van der Waals surface area contributed by atoms with Gasteiger partial charge in [-0.05, 0) is 24.1 Å². The third-order valence-electron chi connectivity index (χ3n) is 2.98. The molecule has 1 saturated carbocycles. The average Bonchev–Trinajstić information content (AvgIpc) is 2.68. The first-order chi connectivity index (χ1) is 6.49. The summed E-state index contributed by atoms with van der Waals surface area (Å²) >= 11 is 7.33. The van der Waals surface area contributed by atoms with Gasteiger partial charge in [0.2, 0.25) is 0 Å². The summed E-state index contributed by atoms with van der Waals surface area (Å²) in [7, 11) is 1.69. The molecule has 1 aliphatic rings. The van der Waals surface area contributed by atoms with Crippen LogP contribution in [0.25, 0.3) is 0 Å². The van der Waals surface area contributed by atoms with Crippen LogP contribution in [0, 0.1) is 0 Å². The van der Waals surface area contributed by atoms with Crippen LogP contribution in [0.15, 0.2) is 24.3 Å². The molecule has 1 aliphatic carbocycles. The van der Waals surface area contributed by atoms with E-state index in [1.807, 2.05) is 12.1 Å². The van der Waals surface area contributed by atoms with Crippen LogP contribution in [-0.4, -0.2) is 10.3 Å². The Bertz CT molecular complexity index is 345. The van der Waals surface area contributed by atoms with Crippen molar-refractivity contribution >= 4 is 31.9 Å². The summed E-state index contributed by atoms with van der Waals surface area (Å²) in [5, 5.41) is 0. The van der Waals surface area contributed by atoms with E-state index in [0.29, 0.717) is 0 Å². The zero-order valence-electron chi connectivity index (χ0n) is 8.18. The van der Waals surface area contributed by atoms with Crippen LogP contribution in [-0.2, 0) is 5.41 Å². The Balaban J connectivity index is 2.27. The lowest BCUT2D eigenvalue weighted by Crippen LogP contribution is -2.08. The molecule has 1 atom stereocenters. The van der Waals surface area contributed by atoms with Crippen LogP contribution in [0.5, 0.6) is 5.75 Å². The standard InChI is InChI=1S/C11H12Br2O/c1-10(7-11(10,12)13)8-3-5-9(14-2)6-4-8/h3-6H,7H2,1-2H3/t10-/m0/s1. The smallest absolute Gasteiger partial charge is 0.118 e. The highest BCUT2D eigenvalue weighted by Crippen LogP contribution is 2.66. The first-order valence-electron chi connectivity index (χ1n) is 4.52. The summed E-state index contributed by atoms with van der Waals surface area (Å²) in [5.74, 6) is 0.910. The van der Waals surface area contributed by atoms with Gasteiger partial charge in [-0.1, -0.05) is 50.9 Å². The first-order valence-corrected chi connectivity index (χ1v) is 6.10. The molecule has 14 heavy (non-hydrogen) atoms. The fourth-order valence-electron chi connectivity index (χ4n) is 1.67. The minimum Gasteiger partial charge on any atom is -0.497 e. The summed E-state index contributed by atoms with van der Waals surface area (Å²) in [5.41, 5.74) is 1.55. The molecule has 2 rings (SSSR count). The molecule has 0 N–H and O–H groups in total. The third-order valence-corrected chi connectivity index (χ3v) is 5.30. The normalized spacial score (nSPS) is 28.6. The van der Waals surface area contributed by atoms with Crippen molar-refractivity contribution in [2.45, 2.75) is 22.0 Å². The molecule has 0 saturated heterocycles. The Labute approximate surface area is 101 Å². The number of rotatable bonds is 2. The van der Waals surface area contributed by atoms with E-state index >= 15 is 0 Å². The lowest BCUT2D eigenvalue weighted by molar-refractivity contribution is 0.414. The van der Waals surface area contributed by atoms with Crippen LogP contribution in [0.3, 0.4) is 0 Å². The first kappa shape index (κ1) is 10.5. The van der Waals surface area contributed by atoms with Gasteiger partial charge in [-0.3, -0.25) is 0 Å². The second-order valence-corrected chi connectivity index (χ2v) is 7.71. The van der Waals surface area contributed by atoms with Crippen LogP contribution in [0.2, 0.25) is 0 Å². The molecule has 0 bridgehead atoms.